The number of carbonyl (C=O) groups excluding carboxylic acids is 1. The lowest BCUT2D eigenvalue weighted by atomic mass is 10.2. The highest BCUT2D eigenvalue weighted by Crippen LogP contribution is 2.30. The molecule has 0 unspecified atom stereocenters. The Morgan fingerprint density at radius 2 is 1.85 bits per heavy atom. The number of amides is 1. The van der Waals surface area contributed by atoms with E-state index < -0.39 is 4.92 Å². The number of benzene rings is 3. The lowest BCUT2D eigenvalue weighted by Crippen LogP contribution is -2.19. The molecule has 4 rings (SSSR count). The van der Waals surface area contributed by atoms with Crippen molar-refractivity contribution in [3.05, 3.63) is 103 Å². The molecule has 1 aliphatic heterocycles. The van der Waals surface area contributed by atoms with Gasteiger partial charge in [0.2, 0.25) is 0 Å². The van der Waals surface area contributed by atoms with Crippen molar-refractivity contribution in [2.75, 3.05) is 0 Å². The smallest absolute Gasteiger partial charge is 0.269 e. The predicted molar refractivity (Wildman–Crippen MR) is 131 cm³/mol. The molecule has 0 bridgehead atoms. The van der Waals surface area contributed by atoms with Crippen LogP contribution in [0.2, 0.25) is 5.02 Å². The van der Waals surface area contributed by atoms with E-state index in [9.17, 15) is 14.9 Å². The van der Waals surface area contributed by atoms with Gasteiger partial charge in [0.1, 0.15) is 12.4 Å². The van der Waals surface area contributed by atoms with Gasteiger partial charge in [0.15, 0.2) is 5.17 Å². The van der Waals surface area contributed by atoms with Crippen LogP contribution in [0.5, 0.6) is 5.75 Å². The van der Waals surface area contributed by atoms with Crippen LogP contribution in [0.25, 0.3) is 6.08 Å². The minimum Gasteiger partial charge on any atom is -0.489 e. The molecule has 0 saturated carbocycles. The van der Waals surface area contributed by atoms with Crippen LogP contribution in [0.4, 0.5) is 11.4 Å². The third kappa shape index (κ3) is 5.79. The number of nitro benzene ring substituents is 1. The van der Waals surface area contributed by atoms with Gasteiger partial charge in [0.25, 0.3) is 11.6 Å². The number of nitrogens with one attached hydrogen (secondary N) is 1. The zero-order chi connectivity index (χ0) is 23.4. The molecule has 0 spiro atoms. The summed E-state index contributed by atoms with van der Waals surface area (Å²) < 4.78 is 5.74. The molecule has 3 aromatic rings. The van der Waals surface area contributed by atoms with Crippen LogP contribution >= 0.6 is 23.4 Å². The Hall–Kier alpha value is -3.62. The summed E-state index contributed by atoms with van der Waals surface area (Å²) in [6.07, 6.45) is 1.78. The van der Waals surface area contributed by atoms with Crippen LogP contribution in [0, 0.1) is 17.0 Å². The molecule has 33 heavy (non-hydrogen) atoms. The monoisotopic (exact) mass is 479 g/mol. The first-order valence-corrected chi connectivity index (χ1v) is 11.1. The summed E-state index contributed by atoms with van der Waals surface area (Å²) in [5, 5.41) is 14.6. The van der Waals surface area contributed by atoms with E-state index in [2.05, 4.69) is 10.3 Å². The molecule has 9 heteroatoms. The maximum atomic E-state index is 12.3. The number of aryl methyl sites for hydroxylation is 1. The molecule has 0 aliphatic carbocycles. The summed E-state index contributed by atoms with van der Waals surface area (Å²) in [6, 6.07) is 19.0. The third-order valence-electron chi connectivity index (χ3n) is 4.77. The molecule has 1 saturated heterocycles. The van der Waals surface area contributed by atoms with Gasteiger partial charge >= 0.3 is 0 Å². The van der Waals surface area contributed by atoms with Crippen LogP contribution in [-0.4, -0.2) is 16.0 Å². The third-order valence-corrected chi connectivity index (χ3v) is 6.08. The van der Waals surface area contributed by atoms with Gasteiger partial charge in [-0.2, -0.15) is 0 Å². The highest BCUT2D eigenvalue weighted by atomic mass is 35.5. The van der Waals surface area contributed by atoms with Crippen molar-refractivity contribution in [2.45, 2.75) is 13.5 Å². The topological polar surface area (TPSA) is 93.8 Å². The number of halogens is 1. The molecule has 3 aromatic carbocycles. The maximum absolute atomic E-state index is 12.3. The van der Waals surface area contributed by atoms with Gasteiger partial charge in [-0.05, 0) is 77.9 Å². The number of non-ortho nitro benzene ring substituents is 1. The number of carbonyl (C=O) groups is 1. The first-order chi connectivity index (χ1) is 15.9. The minimum absolute atomic E-state index is 0.0424. The fourth-order valence-corrected chi connectivity index (χ4v) is 3.96. The number of aliphatic imine (C=N–C) groups is 1. The Kier molecular flexibility index (Phi) is 6.76. The SMILES string of the molecule is Cc1ccc(N=C2NC(=O)/C(=C/c3ccc(OCc4ccc([N+](=O)[O-])cc4)cc3)S2)cc1Cl. The van der Waals surface area contributed by atoms with E-state index in [1.807, 2.05) is 31.2 Å². The number of nitro groups is 1. The molecule has 7 nitrogen and oxygen atoms in total. The van der Waals surface area contributed by atoms with Gasteiger partial charge in [-0.3, -0.25) is 14.9 Å². The number of hydrogen-bond donors (Lipinski definition) is 1. The number of ether oxygens (including phenoxy) is 1. The van der Waals surface area contributed by atoms with E-state index in [4.69, 9.17) is 16.3 Å². The Bertz CT molecular complexity index is 1270. The van der Waals surface area contributed by atoms with Gasteiger partial charge in [0.05, 0.1) is 15.5 Å². The average molecular weight is 480 g/mol. The zero-order valence-corrected chi connectivity index (χ0v) is 19.0. The Labute approximate surface area is 199 Å². The van der Waals surface area contributed by atoms with E-state index in [1.165, 1.54) is 23.9 Å². The average Bonchev–Trinajstić information content (AvgIpc) is 3.14. The van der Waals surface area contributed by atoms with Crippen molar-refractivity contribution in [3.63, 3.8) is 0 Å². The first-order valence-electron chi connectivity index (χ1n) is 9.89. The second-order valence-electron chi connectivity index (χ2n) is 7.20. The van der Waals surface area contributed by atoms with Gasteiger partial charge in [-0.1, -0.05) is 29.8 Å². The second-order valence-corrected chi connectivity index (χ2v) is 8.63. The van der Waals surface area contributed by atoms with Crippen molar-refractivity contribution >= 4 is 51.9 Å². The summed E-state index contributed by atoms with van der Waals surface area (Å²) in [4.78, 5) is 27.6. The molecular formula is C24H18ClN3O4S. The lowest BCUT2D eigenvalue weighted by molar-refractivity contribution is -0.384. The van der Waals surface area contributed by atoms with Crippen LogP contribution in [0.1, 0.15) is 16.7 Å². The zero-order valence-electron chi connectivity index (χ0n) is 17.4. The van der Waals surface area contributed by atoms with E-state index in [1.54, 1.807) is 36.4 Å². The van der Waals surface area contributed by atoms with E-state index in [0.29, 0.717) is 33.1 Å². The Morgan fingerprint density at radius 3 is 2.52 bits per heavy atom. The number of hydrogen-bond acceptors (Lipinski definition) is 6. The summed E-state index contributed by atoms with van der Waals surface area (Å²) in [5.74, 6) is 0.438. The van der Waals surface area contributed by atoms with Crippen molar-refractivity contribution < 1.29 is 14.5 Å². The highest BCUT2D eigenvalue weighted by Gasteiger charge is 2.23. The Morgan fingerprint density at radius 1 is 1.12 bits per heavy atom. The molecule has 0 aromatic heterocycles. The molecule has 166 valence electrons. The molecule has 0 radical (unpaired) electrons. The number of thioether (sulfide) groups is 1. The van der Waals surface area contributed by atoms with Crippen LogP contribution in [0.15, 0.2) is 76.6 Å². The Balaban J connectivity index is 1.38. The van der Waals surface area contributed by atoms with Gasteiger partial charge in [-0.25, -0.2) is 4.99 Å². The molecular weight excluding hydrogens is 462 g/mol. The van der Waals surface area contributed by atoms with Crippen molar-refractivity contribution in [2.24, 2.45) is 4.99 Å². The minimum atomic E-state index is -0.437. The standard InChI is InChI=1S/C24H18ClN3O4S/c1-15-2-7-18(13-21(15)25)26-24-27-23(29)22(33-24)12-16-5-10-20(11-6-16)32-14-17-3-8-19(9-4-17)28(30)31/h2-13H,14H2,1H3,(H,26,27,29)/b22-12-. The number of nitrogens with zero attached hydrogens (tertiary/aromatic N) is 2. The van der Waals surface area contributed by atoms with Crippen molar-refractivity contribution in [3.8, 4) is 5.75 Å². The van der Waals surface area contributed by atoms with Gasteiger partial charge < -0.3 is 10.1 Å². The number of rotatable bonds is 6. The summed E-state index contributed by atoms with van der Waals surface area (Å²) in [6.45, 7) is 2.21. The molecule has 1 fully saturated rings. The fraction of sp³-hybridized carbons (Fsp3) is 0.0833. The quantitative estimate of drug-likeness (QED) is 0.265. The van der Waals surface area contributed by atoms with Crippen LogP contribution < -0.4 is 10.1 Å². The molecule has 1 heterocycles. The summed E-state index contributed by atoms with van der Waals surface area (Å²) >= 11 is 7.40. The van der Waals surface area contributed by atoms with E-state index in [0.717, 1.165) is 16.7 Å². The molecule has 0 atom stereocenters. The van der Waals surface area contributed by atoms with E-state index in [-0.39, 0.29) is 11.6 Å². The lowest BCUT2D eigenvalue weighted by Gasteiger charge is -2.06. The van der Waals surface area contributed by atoms with Crippen LogP contribution in [0.3, 0.4) is 0 Å². The van der Waals surface area contributed by atoms with E-state index >= 15 is 0 Å². The number of amidine groups is 1. The van der Waals surface area contributed by atoms with Gasteiger partial charge in [0, 0.05) is 17.2 Å². The molecule has 1 aliphatic rings. The second kappa shape index (κ2) is 9.89. The normalized spacial score (nSPS) is 15.6. The molecule has 1 N–H and O–H groups in total. The maximum Gasteiger partial charge on any atom is 0.269 e. The predicted octanol–water partition coefficient (Wildman–Crippen LogP) is 6.03. The summed E-state index contributed by atoms with van der Waals surface area (Å²) in [7, 11) is 0. The fourth-order valence-electron chi connectivity index (χ4n) is 2.94. The molecule has 1 amide bonds. The summed E-state index contributed by atoms with van der Waals surface area (Å²) in [5.41, 5.74) is 3.34. The van der Waals surface area contributed by atoms with Crippen molar-refractivity contribution in [1.82, 2.24) is 5.32 Å². The van der Waals surface area contributed by atoms with Crippen LogP contribution in [-0.2, 0) is 11.4 Å². The largest absolute Gasteiger partial charge is 0.489 e. The first kappa shape index (κ1) is 22.6. The van der Waals surface area contributed by atoms with Crippen molar-refractivity contribution in [1.29, 1.82) is 0 Å². The highest BCUT2D eigenvalue weighted by molar-refractivity contribution is 8.18. The van der Waals surface area contributed by atoms with Gasteiger partial charge in [-0.15, -0.1) is 0 Å².